The minimum absolute atomic E-state index is 0.0267. The molecule has 0 radical (unpaired) electrons. The van der Waals surface area contributed by atoms with Gasteiger partial charge < -0.3 is 9.64 Å². The number of piperidine rings is 1. The Balaban J connectivity index is 1.53. The molecule has 1 aromatic rings. The van der Waals surface area contributed by atoms with Crippen LogP contribution in [0.25, 0.3) is 0 Å². The SMILES string of the molecule is O=C([C@H]1C[C@H]2OCC[C@H]2N(C(=O)c2ccncc2)C1)N1CCCCO1. The maximum Gasteiger partial charge on any atom is 0.254 e. The van der Waals surface area contributed by atoms with Crippen molar-refractivity contribution in [2.24, 2.45) is 5.92 Å². The van der Waals surface area contributed by atoms with E-state index in [0.29, 0.717) is 38.3 Å². The standard InChI is InChI=1S/C18H23N3O4/c22-17(13-3-6-19-7-4-13)20-12-14(11-16-15(20)5-10-24-16)18(23)21-8-1-2-9-25-21/h3-4,6-7,14-16H,1-2,5,8-12H2/t14-,15+,16+/m0/s1. The number of carbonyl (C=O) groups excluding carboxylic acids is 2. The van der Waals surface area contributed by atoms with E-state index in [2.05, 4.69) is 4.98 Å². The quantitative estimate of drug-likeness (QED) is 0.807. The highest BCUT2D eigenvalue weighted by Crippen LogP contribution is 2.33. The number of likely N-dealkylation sites (tertiary alicyclic amines) is 1. The maximum atomic E-state index is 13.0. The molecule has 1 aromatic heterocycles. The van der Waals surface area contributed by atoms with Crippen molar-refractivity contribution in [3.63, 3.8) is 0 Å². The van der Waals surface area contributed by atoms with Crippen LogP contribution in [0.1, 0.15) is 36.0 Å². The van der Waals surface area contributed by atoms with Crippen LogP contribution in [0, 0.1) is 5.92 Å². The van der Waals surface area contributed by atoms with Crippen LogP contribution in [0.3, 0.4) is 0 Å². The molecule has 134 valence electrons. The molecule has 0 bridgehead atoms. The zero-order chi connectivity index (χ0) is 17.2. The third-order valence-corrected chi connectivity index (χ3v) is 5.29. The summed E-state index contributed by atoms with van der Waals surface area (Å²) in [6, 6.07) is 3.48. The van der Waals surface area contributed by atoms with Crippen LogP contribution in [-0.4, -0.2) is 65.2 Å². The van der Waals surface area contributed by atoms with E-state index < -0.39 is 0 Å². The van der Waals surface area contributed by atoms with Crippen LogP contribution < -0.4 is 0 Å². The van der Waals surface area contributed by atoms with Gasteiger partial charge in [-0.3, -0.25) is 19.4 Å². The van der Waals surface area contributed by atoms with E-state index in [1.165, 1.54) is 5.06 Å². The van der Waals surface area contributed by atoms with Gasteiger partial charge in [-0.15, -0.1) is 0 Å². The van der Waals surface area contributed by atoms with Gasteiger partial charge >= 0.3 is 0 Å². The lowest BCUT2D eigenvalue weighted by Crippen LogP contribution is -2.55. The predicted octanol–water partition coefficient (Wildman–Crippen LogP) is 1.26. The molecule has 3 aliphatic rings. The summed E-state index contributed by atoms with van der Waals surface area (Å²) in [6.45, 7) is 2.27. The van der Waals surface area contributed by atoms with Gasteiger partial charge in [0.2, 0.25) is 0 Å². The molecule has 0 N–H and O–H groups in total. The third kappa shape index (κ3) is 3.26. The van der Waals surface area contributed by atoms with Crippen molar-refractivity contribution in [3.8, 4) is 0 Å². The van der Waals surface area contributed by atoms with Crippen LogP contribution in [-0.2, 0) is 14.4 Å². The summed E-state index contributed by atoms with van der Waals surface area (Å²) in [4.78, 5) is 37.1. The molecule has 0 aromatic carbocycles. The minimum atomic E-state index is -0.275. The highest BCUT2D eigenvalue weighted by molar-refractivity contribution is 5.95. The van der Waals surface area contributed by atoms with E-state index in [9.17, 15) is 9.59 Å². The Kier molecular flexibility index (Phi) is 4.67. The van der Waals surface area contributed by atoms with Crippen molar-refractivity contribution in [2.75, 3.05) is 26.3 Å². The number of carbonyl (C=O) groups is 2. The van der Waals surface area contributed by atoms with E-state index in [-0.39, 0.29) is 29.9 Å². The van der Waals surface area contributed by atoms with Gasteiger partial charge in [0.05, 0.1) is 24.7 Å². The number of amides is 2. The van der Waals surface area contributed by atoms with E-state index in [1.54, 1.807) is 24.5 Å². The van der Waals surface area contributed by atoms with Crippen LogP contribution in [0.2, 0.25) is 0 Å². The Morgan fingerprint density at radius 1 is 1.16 bits per heavy atom. The molecule has 0 aliphatic carbocycles. The highest BCUT2D eigenvalue weighted by atomic mass is 16.7. The van der Waals surface area contributed by atoms with Crippen LogP contribution in [0.4, 0.5) is 0 Å². The van der Waals surface area contributed by atoms with Crippen molar-refractivity contribution in [3.05, 3.63) is 30.1 Å². The topological polar surface area (TPSA) is 72.0 Å². The second-order valence-electron chi connectivity index (χ2n) is 6.87. The summed E-state index contributed by atoms with van der Waals surface area (Å²) < 4.78 is 5.82. The number of rotatable bonds is 2. The summed E-state index contributed by atoms with van der Waals surface area (Å²) in [5.41, 5.74) is 0.600. The number of aromatic nitrogens is 1. The summed E-state index contributed by atoms with van der Waals surface area (Å²) in [5.74, 6) is -0.357. The molecular formula is C18H23N3O4. The summed E-state index contributed by atoms with van der Waals surface area (Å²) in [7, 11) is 0. The van der Waals surface area contributed by atoms with Crippen LogP contribution in [0.15, 0.2) is 24.5 Å². The second-order valence-corrected chi connectivity index (χ2v) is 6.87. The summed E-state index contributed by atoms with van der Waals surface area (Å²) in [6.07, 6.45) is 6.58. The van der Waals surface area contributed by atoms with Gasteiger partial charge in [0.1, 0.15) is 0 Å². The fraction of sp³-hybridized carbons (Fsp3) is 0.611. The normalized spacial score (nSPS) is 29.4. The Bertz CT molecular complexity index is 632. The number of hydroxylamine groups is 2. The van der Waals surface area contributed by atoms with Gasteiger partial charge in [0, 0.05) is 37.7 Å². The fourth-order valence-electron chi connectivity index (χ4n) is 3.99. The molecule has 2 amide bonds. The molecule has 7 heteroatoms. The molecule has 3 atom stereocenters. The van der Waals surface area contributed by atoms with Gasteiger partial charge in [-0.1, -0.05) is 0 Å². The summed E-state index contributed by atoms with van der Waals surface area (Å²) in [5, 5.41) is 1.48. The number of fused-ring (bicyclic) bond motifs is 1. The van der Waals surface area contributed by atoms with Gasteiger partial charge in [0.25, 0.3) is 11.8 Å². The van der Waals surface area contributed by atoms with Gasteiger partial charge in [-0.05, 0) is 37.8 Å². The molecule has 7 nitrogen and oxygen atoms in total. The first-order valence-electron chi connectivity index (χ1n) is 9.01. The van der Waals surface area contributed by atoms with Gasteiger partial charge in [0.15, 0.2) is 0 Å². The number of pyridine rings is 1. The minimum Gasteiger partial charge on any atom is -0.376 e. The van der Waals surface area contributed by atoms with Crippen LogP contribution in [0.5, 0.6) is 0 Å². The maximum absolute atomic E-state index is 13.0. The van der Waals surface area contributed by atoms with Gasteiger partial charge in [-0.2, -0.15) is 0 Å². The largest absolute Gasteiger partial charge is 0.376 e. The van der Waals surface area contributed by atoms with E-state index in [1.807, 2.05) is 4.90 Å². The van der Waals surface area contributed by atoms with Crippen molar-refractivity contribution in [2.45, 2.75) is 37.8 Å². The third-order valence-electron chi connectivity index (χ3n) is 5.29. The summed E-state index contributed by atoms with van der Waals surface area (Å²) >= 11 is 0. The number of nitrogens with zero attached hydrogens (tertiary/aromatic N) is 3. The zero-order valence-electron chi connectivity index (χ0n) is 14.2. The molecule has 3 fully saturated rings. The first-order chi connectivity index (χ1) is 12.2. The highest BCUT2D eigenvalue weighted by Gasteiger charge is 2.45. The van der Waals surface area contributed by atoms with Crippen molar-refractivity contribution >= 4 is 11.8 Å². The van der Waals surface area contributed by atoms with Crippen molar-refractivity contribution in [1.82, 2.24) is 14.9 Å². The fourth-order valence-corrected chi connectivity index (χ4v) is 3.99. The van der Waals surface area contributed by atoms with Crippen LogP contribution >= 0.6 is 0 Å². The lowest BCUT2D eigenvalue weighted by Gasteiger charge is -2.41. The Labute approximate surface area is 146 Å². The molecule has 25 heavy (non-hydrogen) atoms. The Morgan fingerprint density at radius 3 is 2.76 bits per heavy atom. The second kappa shape index (κ2) is 7.09. The molecule has 0 unspecified atom stereocenters. The Morgan fingerprint density at radius 2 is 2.00 bits per heavy atom. The molecule has 0 spiro atoms. The smallest absolute Gasteiger partial charge is 0.254 e. The van der Waals surface area contributed by atoms with E-state index >= 15 is 0 Å². The predicted molar refractivity (Wildman–Crippen MR) is 88.4 cm³/mol. The molecule has 3 saturated heterocycles. The molecule has 4 rings (SSSR count). The van der Waals surface area contributed by atoms with E-state index in [0.717, 1.165) is 19.3 Å². The molecule has 0 saturated carbocycles. The number of hydrogen-bond donors (Lipinski definition) is 0. The zero-order valence-corrected chi connectivity index (χ0v) is 14.2. The molecule has 3 aliphatic heterocycles. The van der Waals surface area contributed by atoms with E-state index in [4.69, 9.17) is 9.57 Å². The lowest BCUT2D eigenvalue weighted by atomic mass is 9.88. The number of hydrogen-bond acceptors (Lipinski definition) is 5. The van der Waals surface area contributed by atoms with Crippen molar-refractivity contribution < 1.29 is 19.2 Å². The Hall–Kier alpha value is -1.99. The van der Waals surface area contributed by atoms with Gasteiger partial charge in [-0.25, -0.2) is 5.06 Å². The molecule has 4 heterocycles. The molecular weight excluding hydrogens is 322 g/mol. The first-order valence-corrected chi connectivity index (χ1v) is 9.01. The average molecular weight is 345 g/mol. The lowest BCUT2D eigenvalue weighted by molar-refractivity contribution is -0.203. The average Bonchev–Trinajstić information content (AvgIpc) is 3.16. The van der Waals surface area contributed by atoms with Crippen molar-refractivity contribution in [1.29, 1.82) is 0 Å². The number of ether oxygens (including phenoxy) is 1. The first kappa shape index (κ1) is 16.5. The monoisotopic (exact) mass is 345 g/mol.